The third kappa shape index (κ3) is 5.86. The third-order valence-corrected chi connectivity index (χ3v) is 4.88. The number of alkyl halides is 3. The first-order valence-electron chi connectivity index (χ1n) is 8.54. The Morgan fingerprint density at radius 2 is 1.96 bits per heavy atom. The van der Waals surface area contributed by atoms with Crippen LogP contribution < -0.4 is 5.32 Å². The number of aliphatic imine (C=N–C) groups is 1. The van der Waals surface area contributed by atoms with Gasteiger partial charge >= 0.3 is 6.18 Å². The van der Waals surface area contributed by atoms with Crippen molar-refractivity contribution in [1.82, 2.24) is 10.2 Å². The highest BCUT2D eigenvalue weighted by molar-refractivity contribution is 5.80. The zero-order valence-corrected chi connectivity index (χ0v) is 13.9. The standard InChI is InChI=1S/C16H28F3N3O/c1-20-14(21-9-5-11-23-13-16(17,18)19)22-10-8-15(12-22)6-3-2-4-7-15/h2-13H2,1H3,(H,20,21). The van der Waals surface area contributed by atoms with Crippen LogP contribution in [0.15, 0.2) is 4.99 Å². The summed E-state index contributed by atoms with van der Waals surface area (Å²) in [6, 6.07) is 0. The molecule has 0 bridgehead atoms. The summed E-state index contributed by atoms with van der Waals surface area (Å²) in [6.45, 7) is 1.58. The number of guanidine groups is 1. The van der Waals surface area contributed by atoms with E-state index >= 15 is 0 Å². The van der Waals surface area contributed by atoms with Crippen molar-refractivity contribution in [2.75, 3.05) is 39.9 Å². The molecule has 1 saturated carbocycles. The Labute approximate surface area is 136 Å². The normalized spacial score (nSPS) is 21.9. The number of ether oxygens (including phenoxy) is 1. The second-order valence-electron chi connectivity index (χ2n) is 6.73. The lowest BCUT2D eigenvalue weighted by molar-refractivity contribution is -0.173. The number of hydrogen-bond acceptors (Lipinski definition) is 2. The van der Waals surface area contributed by atoms with E-state index in [2.05, 4.69) is 19.9 Å². The lowest BCUT2D eigenvalue weighted by Gasteiger charge is -2.33. The van der Waals surface area contributed by atoms with Crippen LogP contribution in [-0.4, -0.2) is 56.9 Å². The molecule has 0 atom stereocenters. The van der Waals surface area contributed by atoms with E-state index < -0.39 is 12.8 Å². The van der Waals surface area contributed by atoms with Crippen LogP contribution in [0.25, 0.3) is 0 Å². The van der Waals surface area contributed by atoms with Gasteiger partial charge in [-0.15, -0.1) is 0 Å². The predicted molar refractivity (Wildman–Crippen MR) is 84.6 cm³/mol. The number of rotatable bonds is 5. The molecule has 0 amide bonds. The number of halogens is 3. The minimum atomic E-state index is -4.24. The molecule has 0 aromatic carbocycles. The van der Waals surface area contributed by atoms with E-state index in [1.165, 1.54) is 38.5 Å². The SMILES string of the molecule is CN=C(NCCCOCC(F)(F)F)N1CCC2(CCCCC2)C1. The molecule has 1 heterocycles. The fraction of sp³-hybridized carbons (Fsp3) is 0.938. The lowest BCUT2D eigenvalue weighted by Crippen LogP contribution is -2.42. The van der Waals surface area contributed by atoms with E-state index in [1.807, 2.05) is 0 Å². The van der Waals surface area contributed by atoms with Crippen molar-refractivity contribution in [1.29, 1.82) is 0 Å². The van der Waals surface area contributed by atoms with E-state index in [1.54, 1.807) is 7.05 Å². The summed E-state index contributed by atoms with van der Waals surface area (Å²) in [5.41, 5.74) is 0.464. The first kappa shape index (κ1) is 18.4. The molecule has 1 aliphatic carbocycles. The van der Waals surface area contributed by atoms with E-state index in [0.29, 0.717) is 18.4 Å². The van der Waals surface area contributed by atoms with Crippen LogP contribution in [0.5, 0.6) is 0 Å². The van der Waals surface area contributed by atoms with Crippen molar-refractivity contribution in [3.05, 3.63) is 0 Å². The average Bonchev–Trinajstić information content (AvgIpc) is 2.89. The largest absolute Gasteiger partial charge is 0.411 e. The maximum absolute atomic E-state index is 12.0. The molecule has 7 heteroatoms. The van der Waals surface area contributed by atoms with E-state index in [4.69, 9.17) is 0 Å². The van der Waals surface area contributed by atoms with E-state index in [9.17, 15) is 13.2 Å². The van der Waals surface area contributed by atoms with Crippen LogP contribution in [0.4, 0.5) is 13.2 Å². The topological polar surface area (TPSA) is 36.9 Å². The maximum Gasteiger partial charge on any atom is 0.411 e. The summed E-state index contributed by atoms with van der Waals surface area (Å²) >= 11 is 0. The van der Waals surface area contributed by atoms with E-state index in [0.717, 1.165) is 19.0 Å². The van der Waals surface area contributed by atoms with Gasteiger partial charge in [0.15, 0.2) is 5.96 Å². The second kappa shape index (κ2) is 8.22. The minimum Gasteiger partial charge on any atom is -0.372 e. The number of likely N-dealkylation sites (tertiary alicyclic amines) is 1. The first-order chi connectivity index (χ1) is 10.9. The molecule has 1 spiro atoms. The van der Waals surface area contributed by atoms with Crippen molar-refractivity contribution in [3.63, 3.8) is 0 Å². The van der Waals surface area contributed by atoms with E-state index in [-0.39, 0.29) is 6.61 Å². The lowest BCUT2D eigenvalue weighted by atomic mass is 9.73. The summed E-state index contributed by atoms with van der Waals surface area (Å²) < 4.78 is 40.5. The summed E-state index contributed by atoms with van der Waals surface area (Å²) in [7, 11) is 1.76. The Hall–Kier alpha value is -0.980. The molecule has 0 aromatic rings. The van der Waals surface area contributed by atoms with Gasteiger partial charge in [-0.05, 0) is 31.1 Å². The van der Waals surface area contributed by atoms with Gasteiger partial charge in [0.05, 0.1) is 0 Å². The number of nitrogens with one attached hydrogen (secondary N) is 1. The number of hydrogen-bond donors (Lipinski definition) is 1. The Morgan fingerprint density at radius 1 is 1.22 bits per heavy atom. The van der Waals surface area contributed by atoms with Crippen LogP contribution in [-0.2, 0) is 4.74 Å². The molecule has 2 fully saturated rings. The van der Waals surface area contributed by atoms with Crippen molar-refractivity contribution in [2.24, 2.45) is 10.4 Å². The van der Waals surface area contributed by atoms with Gasteiger partial charge in [-0.1, -0.05) is 19.3 Å². The molecule has 134 valence electrons. The molecular weight excluding hydrogens is 307 g/mol. The molecule has 2 aliphatic rings. The molecule has 23 heavy (non-hydrogen) atoms. The third-order valence-electron chi connectivity index (χ3n) is 4.88. The predicted octanol–water partition coefficient (Wildman–Crippen LogP) is 3.19. The molecule has 1 saturated heterocycles. The number of nitrogens with zero attached hydrogens (tertiary/aromatic N) is 2. The Kier molecular flexibility index (Phi) is 6.56. The summed E-state index contributed by atoms with van der Waals surface area (Å²) in [4.78, 5) is 6.61. The molecule has 0 aromatic heterocycles. The van der Waals surface area contributed by atoms with Crippen molar-refractivity contribution in [2.45, 2.75) is 51.1 Å². The highest BCUT2D eigenvalue weighted by Crippen LogP contribution is 2.43. The van der Waals surface area contributed by atoms with Gasteiger partial charge in [0.1, 0.15) is 6.61 Å². The van der Waals surface area contributed by atoms with Gasteiger partial charge < -0.3 is 15.0 Å². The molecule has 1 N–H and O–H groups in total. The summed E-state index contributed by atoms with van der Waals surface area (Å²) in [5.74, 6) is 0.864. The zero-order valence-electron chi connectivity index (χ0n) is 13.9. The van der Waals surface area contributed by atoms with Crippen molar-refractivity contribution < 1.29 is 17.9 Å². The fourth-order valence-corrected chi connectivity index (χ4v) is 3.72. The summed E-state index contributed by atoms with van der Waals surface area (Å²) in [5, 5.41) is 3.25. The molecule has 0 radical (unpaired) electrons. The summed E-state index contributed by atoms with van der Waals surface area (Å²) in [6.07, 6.45) is 4.15. The highest BCUT2D eigenvalue weighted by Gasteiger charge is 2.39. The van der Waals surface area contributed by atoms with Crippen LogP contribution in [0.3, 0.4) is 0 Å². The van der Waals surface area contributed by atoms with Crippen LogP contribution >= 0.6 is 0 Å². The Morgan fingerprint density at radius 3 is 2.61 bits per heavy atom. The van der Waals surface area contributed by atoms with Gasteiger partial charge in [0.2, 0.25) is 0 Å². The molecular formula is C16H28F3N3O. The maximum atomic E-state index is 12.0. The minimum absolute atomic E-state index is 0.105. The van der Waals surface area contributed by atoms with Crippen LogP contribution in [0, 0.1) is 5.41 Å². The van der Waals surface area contributed by atoms with Gasteiger partial charge in [0, 0.05) is 33.3 Å². The highest BCUT2D eigenvalue weighted by atomic mass is 19.4. The van der Waals surface area contributed by atoms with Gasteiger partial charge in [-0.2, -0.15) is 13.2 Å². The smallest absolute Gasteiger partial charge is 0.372 e. The Balaban J connectivity index is 1.66. The molecule has 0 unspecified atom stereocenters. The van der Waals surface area contributed by atoms with Gasteiger partial charge in [-0.3, -0.25) is 4.99 Å². The van der Waals surface area contributed by atoms with Crippen LogP contribution in [0.2, 0.25) is 0 Å². The molecule has 4 nitrogen and oxygen atoms in total. The Bertz CT molecular complexity index is 393. The van der Waals surface area contributed by atoms with Gasteiger partial charge in [0.25, 0.3) is 0 Å². The average molecular weight is 335 g/mol. The van der Waals surface area contributed by atoms with Gasteiger partial charge in [-0.25, -0.2) is 0 Å². The molecule has 2 rings (SSSR count). The monoisotopic (exact) mass is 335 g/mol. The van der Waals surface area contributed by atoms with Crippen LogP contribution in [0.1, 0.15) is 44.9 Å². The van der Waals surface area contributed by atoms with Crippen molar-refractivity contribution in [3.8, 4) is 0 Å². The second-order valence-corrected chi connectivity index (χ2v) is 6.73. The first-order valence-corrected chi connectivity index (χ1v) is 8.54. The molecule has 1 aliphatic heterocycles. The fourth-order valence-electron chi connectivity index (χ4n) is 3.72. The zero-order chi connectivity index (χ0) is 16.8. The quantitative estimate of drug-likeness (QED) is 0.476. The van der Waals surface area contributed by atoms with Crippen molar-refractivity contribution >= 4 is 5.96 Å².